The van der Waals surface area contributed by atoms with Crippen LogP contribution in [0.5, 0.6) is 11.6 Å². The van der Waals surface area contributed by atoms with Crippen molar-refractivity contribution in [2.24, 2.45) is 0 Å². The zero-order valence-electron chi connectivity index (χ0n) is 16.9. The summed E-state index contributed by atoms with van der Waals surface area (Å²) in [5, 5.41) is 11.1. The minimum atomic E-state index is -5.53. The van der Waals surface area contributed by atoms with E-state index in [0.717, 1.165) is 39.8 Å². The molecule has 0 bridgehead atoms. The van der Waals surface area contributed by atoms with E-state index < -0.39 is 31.8 Å². The van der Waals surface area contributed by atoms with Gasteiger partial charge in [0.2, 0.25) is 5.88 Å². The first kappa shape index (κ1) is 22.4. The van der Waals surface area contributed by atoms with E-state index in [0.29, 0.717) is 11.3 Å². The molecular formula is C21H16F3N3O5S. The molecule has 2 aromatic heterocycles. The van der Waals surface area contributed by atoms with Gasteiger partial charge in [-0.3, -0.25) is 9.55 Å². The number of ether oxygens (including phenoxy) is 1. The van der Waals surface area contributed by atoms with Gasteiger partial charge in [0.25, 0.3) is 9.84 Å². The number of pyridine rings is 1. The number of aromatic nitrogens is 3. The molecule has 4 rings (SSSR count). The number of rotatable bonds is 5. The molecule has 2 heterocycles. The summed E-state index contributed by atoms with van der Waals surface area (Å²) in [5.74, 6) is 0.149. The van der Waals surface area contributed by atoms with Crippen LogP contribution >= 0.6 is 0 Å². The first-order valence-electron chi connectivity index (χ1n) is 9.37. The number of hydrogen-bond donors (Lipinski definition) is 1. The lowest BCUT2D eigenvalue weighted by molar-refractivity contribution is -0.0436. The summed E-state index contributed by atoms with van der Waals surface area (Å²) in [6.45, 7) is 0.0747. The molecule has 0 aliphatic rings. The van der Waals surface area contributed by atoms with Gasteiger partial charge in [-0.1, -0.05) is 0 Å². The molecule has 0 aliphatic carbocycles. The number of hydrogen-bond acceptors (Lipinski definition) is 6. The molecular weight excluding hydrogens is 463 g/mol. The number of methoxy groups -OCH3 is 1. The second-order valence-corrected chi connectivity index (χ2v) is 8.97. The quantitative estimate of drug-likeness (QED) is 0.472. The maximum atomic E-state index is 12.9. The smallest absolute Gasteiger partial charge is 0.497 e. The molecule has 0 unspecified atom stereocenters. The minimum Gasteiger partial charge on any atom is -0.497 e. The average molecular weight is 479 g/mol. The predicted octanol–water partition coefficient (Wildman–Crippen LogP) is 3.24. The molecule has 0 saturated carbocycles. The molecule has 4 aromatic rings. The Bertz CT molecular complexity index is 1510. The van der Waals surface area contributed by atoms with Crippen LogP contribution in [0.4, 0.5) is 13.2 Å². The lowest BCUT2D eigenvalue weighted by atomic mass is 10.1. The number of imidazole rings is 1. The molecule has 33 heavy (non-hydrogen) atoms. The Balaban J connectivity index is 1.70. The van der Waals surface area contributed by atoms with Crippen LogP contribution in [0.2, 0.25) is 0 Å². The summed E-state index contributed by atoms with van der Waals surface area (Å²) >= 11 is 0. The number of fused-ring (bicyclic) bond motifs is 1. The van der Waals surface area contributed by atoms with Crippen molar-refractivity contribution in [2.45, 2.75) is 16.9 Å². The van der Waals surface area contributed by atoms with E-state index in [9.17, 15) is 31.5 Å². The van der Waals surface area contributed by atoms with Crippen LogP contribution in [-0.4, -0.2) is 40.3 Å². The maximum Gasteiger partial charge on any atom is 0.501 e. The second kappa shape index (κ2) is 7.96. The molecule has 0 radical (unpaired) electrons. The van der Waals surface area contributed by atoms with Gasteiger partial charge in [0.1, 0.15) is 5.75 Å². The van der Waals surface area contributed by atoms with Crippen LogP contribution in [-0.2, 0) is 16.4 Å². The van der Waals surface area contributed by atoms with Crippen molar-refractivity contribution in [1.82, 2.24) is 14.1 Å². The van der Waals surface area contributed by atoms with Gasteiger partial charge < -0.3 is 9.84 Å². The Hall–Kier alpha value is -3.80. The fourth-order valence-corrected chi connectivity index (χ4v) is 4.14. The van der Waals surface area contributed by atoms with Gasteiger partial charge in [-0.05, 0) is 48.0 Å². The van der Waals surface area contributed by atoms with E-state index in [1.165, 1.54) is 17.9 Å². The standard InChI is InChI=1S/C21H16F3N3O5S/c1-32-15-4-7-17-13(8-9-25-18(17)10-15)11-26-12-19(28)27(20(26)29)14-2-5-16(6-3-14)33(30,31)21(22,23)24/h2-10,12,28H,11H2,1H3. The Kier molecular flexibility index (Phi) is 5.40. The van der Waals surface area contributed by atoms with Gasteiger partial charge >= 0.3 is 11.2 Å². The SMILES string of the molecule is COc1ccc2c(Cn3cc(O)n(-c4ccc(S(=O)(=O)C(F)(F)F)cc4)c3=O)ccnc2c1. The van der Waals surface area contributed by atoms with Crippen LogP contribution in [0.1, 0.15) is 5.56 Å². The number of halogens is 3. The summed E-state index contributed by atoms with van der Waals surface area (Å²) < 4.78 is 68.5. The Labute approximate surface area is 185 Å². The largest absolute Gasteiger partial charge is 0.501 e. The summed E-state index contributed by atoms with van der Waals surface area (Å²) in [6.07, 6.45) is 2.75. The van der Waals surface area contributed by atoms with E-state index >= 15 is 0 Å². The lowest BCUT2D eigenvalue weighted by Crippen LogP contribution is -2.24. The van der Waals surface area contributed by atoms with Gasteiger partial charge in [-0.2, -0.15) is 13.2 Å². The topological polar surface area (TPSA) is 103 Å². The van der Waals surface area contributed by atoms with Gasteiger partial charge in [-0.15, -0.1) is 0 Å². The van der Waals surface area contributed by atoms with Gasteiger partial charge in [0.05, 0.1) is 36.0 Å². The number of benzene rings is 2. The highest BCUT2D eigenvalue weighted by molar-refractivity contribution is 7.92. The fraction of sp³-hybridized carbons (Fsp3) is 0.143. The van der Waals surface area contributed by atoms with Crippen molar-refractivity contribution < 1.29 is 31.4 Å². The summed E-state index contributed by atoms with van der Waals surface area (Å²) in [6, 6.07) is 10.5. The lowest BCUT2D eigenvalue weighted by Gasteiger charge is -2.09. The summed E-state index contributed by atoms with van der Waals surface area (Å²) in [4.78, 5) is 16.2. The molecule has 12 heteroatoms. The van der Waals surface area contributed by atoms with Crippen LogP contribution in [0.25, 0.3) is 16.6 Å². The zero-order chi connectivity index (χ0) is 24.0. The van der Waals surface area contributed by atoms with E-state index in [4.69, 9.17) is 4.74 Å². The second-order valence-electron chi connectivity index (χ2n) is 7.03. The summed E-state index contributed by atoms with van der Waals surface area (Å²) in [7, 11) is -4.00. The number of alkyl halides is 3. The molecule has 0 amide bonds. The fourth-order valence-electron chi connectivity index (χ4n) is 3.38. The van der Waals surface area contributed by atoms with Crippen LogP contribution in [0, 0.1) is 0 Å². The van der Waals surface area contributed by atoms with Crippen LogP contribution in [0.15, 0.2) is 70.6 Å². The third-order valence-corrected chi connectivity index (χ3v) is 6.53. The van der Waals surface area contributed by atoms with Gasteiger partial charge in [0.15, 0.2) is 0 Å². The van der Waals surface area contributed by atoms with E-state index in [1.807, 2.05) is 0 Å². The van der Waals surface area contributed by atoms with Crippen molar-refractivity contribution in [1.29, 1.82) is 0 Å². The molecule has 1 N–H and O–H groups in total. The van der Waals surface area contributed by atoms with Crippen molar-refractivity contribution in [2.75, 3.05) is 7.11 Å². The first-order chi connectivity index (χ1) is 15.5. The third kappa shape index (κ3) is 3.93. The van der Waals surface area contributed by atoms with Crippen LogP contribution in [0.3, 0.4) is 0 Å². The van der Waals surface area contributed by atoms with Crippen LogP contribution < -0.4 is 10.4 Å². The highest BCUT2D eigenvalue weighted by Gasteiger charge is 2.46. The predicted molar refractivity (Wildman–Crippen MR) is 112 cm³/mol. The van der Waals surface area contributed by atoms with E-state index in [-0.39, 0.29) is 12.2 Å². The average Bonchev–Trinajstić information content (AvgIpc) is 3.05. The van der Waals surface area contributed by atoms with Crippen molar-refractivity contribution in [3.05, 3.63) is 77.0 Å². The Morgan fingerprint density at radius 3 is 2.42 bits per heavy atom. The minimum absolute atomic E-state index is 0.00157. The van der Waals surface area contributed by atoms with Gasteiger partial charge in [-0.25, -0.2) is 17.8 Å². The van der Waals surface area contributed by atoms with E-state index in [2.05, 4.69) is 4.98 Å². The highest BCUT2D eigenvalue weighted by atomic mass is 32.2. The maximum absolute atomic E-state index is 12.9. The van der Waals surface area contributed by atoms with Crippen molar-refractivity contribution in [3.8, 4) is 17.3 Å². The Morgan fingerprint density at radius 1 is 1.09 bits per heavy atom. The monoisotopic (exact) mass is 479 g/mol. The van der Waals surface area contributed by atoms with Crippen molar-refractivity contribution >= 4 is 20.7 Å². The molecule has 0 saturated heterocycles. The first-order valence-corrected chi connectivity index (χ1v) is 10.9. The van der Waals surface area contributed by atoms with Crippen molar-refractivity contribution in [3.63, 3.8) is 0 Å². The number of sulfone groups is 1. The normalized spacial score (nSPS) is 12.2. The van der Waals surface area contributed by atoms with E-state index in [1.54, 1.807) is 30.5 Å². The molecule has 8 nitrogen and oxygen atoms in total. The molecule has 2 aromatic carbocycles. The zero-order valence-corrected chi connectivity index (χ0v) is 17.8. The molecule has 0 aliphatic heterocycles. The highest BCUT2D eigenvalue weighted by Crippen LogP contribution is 2.31. The Morgan fingerprint density at radius 2 is 1.79 bits per heavy atom. The molecule has 0 spiro atoms. The molecule has 0 atom stereocenters. The molecule has 172 valence electrons. The van der Waals surface area contributed by atoms with Gasteiger partial charge in [0, 0.05) is 17.6 Å². The number of aromatic hydroxyl groups is 1. The molecule has 0 fully saturated rings. The third-order valence-electron chi connectivity index (χ3n) is 5.03. The number of nitrogens with zero attached hydrogens (tertiary/aromatic N) is 3. The summed E-state index contributed by atoms with van der Waals surface area (Å²) in [5.41, 5.74) is -4.74.